The summed E-state index contributed by atoms with van der Waals surface area (Å²) in [5.74, 6) is 0. The summed E-state index contributed by atoms with van der Waals surface area (Å²) < 4.78 is 0. The Balaban J connectivity index is 2.20. The minimum absolute atomic E-state index is 0.585. The fraction of sp³-hybridized carbons (Fsp3) is 0.167. The van der Waals surface area contributed by atoms with Crippen molar-refractivity contribution < 1.29 is 0 Å². The third-order valence-electron chi connectivity index (χ3n) is 2.30. The van der Waals surface area contributed by atoms with E-state index in [1.54, 1.807) is 30.4 Å². The smallest absolute Gasteiger partial charge is 0.119 e. The van der Waals surface area contributed by atoms with Gasteiger partial charge in [0, 0.05) is 23.8 Å². The van der Waals surface area contributed by atoms with E-state index in [-0.39, 0.29) is 0 Å². The maximum Gasteiger partial charge on any atom is 0.119 e. The molecule has 0 radical (unpaired) electrons. The zero-order valence-corrected chi connectivity index (χ0v) is 9.87. The molecule has 0 unspecified atom stereocenters. The third-order valence-corrected chi connectivity index (χ3v) is 3.21. The number of aromatic nitrogens is 2. The average molecular weight is 231 g/mol. The van der Waals surface area contributed by atoms with Crippen LogP contribution in [0.25, 0.3) is 0 Å². The van der Waals surface area contributed by atoms with Crippen LogP contribution < -0.4 is 5.73 Å². The van der Waals surface area contributed by atoms with Gasteiger partial charge >= 0.3 is 0 Å². The summed E-state index contributed by atoms with van der Waals surface area (Å²) in [7, 11) is 0. The highest BCUT2D eigenvalue weighted by Crippen LogP contribution is 2.26. The molecular formula is C12H13N3S. The fourth-order valence-corrected chi connectivity index (χ4v) is 2.26. The van der Waals surface area contributed by atoms with Crippen molar-refractivity contribution in [2.24, 2.45) is 5.73 Å². The molecular weight excluding hydrogens is 218 g/mol. The summed E-state index contributed by atoms with van der Waals surface area (Å²) in [4.78, 5) is 9.42. The molecule has 1 aromatic heterocycles. The fourth-order valence-electron chi connectivity index (χ4n) is 1.42. The molecule has 2 aromatic rings. The average Bonchev–Trinajstić information content (AvgIpc) is 2.31. The van der Waals surface area contributed by atoms with Crippen molar-refractivity contribution in [3.05, 3.63) is 47.9 Å². The van der Waals surface area contributed by atoms with Crippen molar-refractivity contribution in [2.45, 2.75) is 23.4 Å². The van der Waals surface area contributed by atoms with Crippen molar-refractivity contribution in [3.63, 3.8) is 0 Å². The second-order valence-corrected chi connectivity index (χ2v) is 4.53. The van der Waals surface area contributed by atoms with Crippen LogP contribution in [0.1, 0.15) is 11.1 Å². The number of nitrogens with zero attached hydrogens (tertiary/aromatic N) is 2. The van der Waals surface area contributed by atoms with E-state index < -0.39 is 0 Å². The Labute approximate surface area is 99.1 Å². The van der Waals surface area contributed by atoms with Gasteiger partial charge in [-0.15, -0.1) is 0 Å². The van der Waals surface area contributed by atoms with Gasteiger partial charge in [0.2, 0.25) is 0 Å². The third kappa shape index (κ3) is 2.59. The lowest BCUT2D eigenvalue weighted by atomic mass is 10.1. The first kappa shape index (κ1) is 11.1. The molecule has 4 heteroatoms. The summed E-state index contributed by atoms with van der Waals surface area (Å²) in [6.07, 6.45) is 5.13. The second-order valence-electron chi connectivity index (χ2n) is 3.44. The first-order chi connectivity index (χ1) is 7.79. The summed E-state index contributed by atoms with van der Waals surface area (Å²) in [5, 5.41) is 0.905. The molecule has 0 spiro atoms. The standard InChI is InChI=1S/C12H13N3S/c1-9-6-11(3-2-10(9)7-13)16-12-8-14-4-5-15-12/h2-6,8H,7,13H2,1H3. The molecule has 16 heavy (non-hydrogen) atoms. The van der Waals surface area contributed by atoms with E-state index in [0.717, 1.165) is 9.92 Å². The molecule has 0 amide bonds. The van der Waals surface area contributed by atoms with E-state index >= 15 is 0 Å². The molecule has 82 valence electrons. The first-order valence-electron chi connectivity index (χ1n) is 5.03. The van der Waals surface area contributed by atoms with Crippen LogP contribution in [0.2, 0.25) is 0 Å². The molecule has 0 aliphatic heterocycles. The Morgan fingerprint density at radius 3 is 2.81 bits per heavy atom. The van der Waals surface area contributed by atoms with Crippen molar-refractivity contribution in [1.82, 2.24) is 9.97 Å². The van der Waals surface area contributed by atoms with Gasteiger partial charge < -0.3 is 5.73 Å². The molecule has 1 heterocycles. The molecule has 0 atom stereocenters. The quantitative estimate of drug-likeness (QED) is 0.881. The molecule has 2 N–H and O–H groups in total. The van der Waals surface area contributed by atoms with Crippen molar-refractivity contribution in [3.8, 4) is 0 Å². The summed E-state index contributed by atoms with van der Waals surface area (Å²) >= 11 is 1.61. The highest BCUT2D eigenvalue weighted by Gasteiger charge is 2.01. The van der Waals surface area contributed by atoms with Crippen LogP contribution >= 0.6 is 11.8 Å². The second kappa shape index (κ2) is 5.09. The molecule has 0 aliphatic rings. The van der Waals surface area contributed by atoms with Crippen molar-refractivity contribution >= 4 is 11.8 Å². The minimum Gasteiger partial charge on any atom is -0.326 e. The monoisotopic (exact) mass is 231 g/mol. The number of hydrogen-bond donors (Lipinski definition) is 1. The Hall–Kier alpha value is -1.39. The molecule has 0 fully saturated rings. The van der Waals surface area contributed by atoms with Crippen molar-refractivity contribution in [2.75, 3.05) is 0 Å². The van der Waals surface area contributed by atoms with E-state index in [1.165, 1.54) is 11.1 Å². The van der Waals surface area contributed by atoms with Gasteiger partial charge in [0.05, 0.1) is 6.20 Å². The van der Waals surface area contributed by atoms with Crippen LogP contribution in [-0.2, 0) is 6.54 Å². The van der Waals surface area contributed by atoms with E-state index in [9.17, 15) is 0 Å². The Kier molecular flexibility index (Phi) is 3.54. The highest BCUT2D eigenvalue weighted by molar-refractivity contribution is 7.99. The number of rotatable bonds is 3. The van der Waals surface area contributed by atoms with Gasteiger partial charge in [-0.05, 0) is 30.2 Å². The Bertz CT molecular complexity index is 471. The lowest BCUT2D eigenvalue weighted by molar-refractivity contribution is 1.04. The van der Waals surface area contributed by atoms with E-state index in [1.807, 2.05) is 0 Å². The summed E-state index contributed by atoms with van der Waals surface area (Å²) in [5.41, 5.74) is 8.03. The van der Waals surface area contributed by atoms with Gasteiger partial charge in [-0.1, -0.05) is 17.8 Å². The molecule has 1 aromatic carbocycles. The predicted molar refractivity (Wildman–Crippen MR) is 65.2 cm³/mol. The normalized spacial score (nSPS) is 10.4. The number of nitrogens with two attached hydrogens (primary N) is 1. The maximum atomic E-state index is 5.62. The predicted octanol–water partition coefficient (Wildman–Crippen LogP) is 2.39. The first-order valence-corrected chi connectivity index (χ1v) is 5.84. The molecule has 0 aliphatic carbocycles. The Morgan fingerprint density at radius 2 is 2.19 bits per heavy atom. The van der Waals surface area contributed by atoms with Crippen LogP contribution in [0, 0.1) is 6.92 Å². The van der Waals surface area contributed by atoms with Crippen molar-refractivity contribution in [1.29, 1.82) is 0 Å². The highest BCUT2D eigenvalue weighted by atomic mass is 32.2. The molecule has 0 bridgehead atoms. The van der Waals surface area contributed by atoms with Crippen LogP contribution in [0.5, 0.6) is 0 Å². The maximum absolute atomic E-state index is 5.62. The van der Waals surface area contributed by atoms with Crippen LogP contribution in [0.15, 0.2) is 46.7 Å². The van der Waals surface area contributed by atoms with E-state index in [4.69, 9.17) is 5.73 Å². The van der Waals surface area contributed by atoms with E-state index in [0.29, 0.717) is 6.54 Å². The van der Waals surface area contributed by atoms with Crippen LogP contribution in [-0.4, -0.2) is 9.97 Å². The van der Waals surface area contributed by atoms with Gasteiger partial charge in [-0.3, -0.25) is 4.98 Å². The number of hydrogen-bond acceptors (Lipinski definition) is 4. The lowest BCUT2D eigenvalue weighted by Crippen LogP contribution is -1.98. The lowest BCUT2D eigenvalue weighted by Gasteiger charge is -2.05. The van der Waals surface area contributed by atoms with Gasteiger partial charge in [0.25, 0.3) is 0 Å². The van der Waals surface area contributed by atoms with E-state index in [2.05, 4.69) is 35.1 Å². The zero-order valence-electron chi connectivity index (χ0n) is 9.05. The summed E-state index contributed by atoms with van der Waals surface area (Å²) in [6.45, 7) is 2.66. The molecule has 0 saturated carbocycles. The molecule has 3 nitrogen and oxygen atoms in total. The minimum atomic E-state index is 0.585. The summed E-state index contributed by atoms with van der Waals surface area (Å²) in [6, 6.07) is 6.25. The Morgan fingerprint density at radius 1 is 1.31 bits per heavy atom. The van der Waals surface area contributed by atoms with Gasteiger partial charge in [-0.25, -0.2) is 4.98 Å². The number of aryl methyl sites for hydroxylation is 1. The largest absolute Gasteiger partial charge is 0.326 e. The van der Waals surface area contributed by atoms with Crippen LogP contribution in [0.4, 0.5) is 0 Å². The zero-order chi connectivity index (χ0) is 11.4. The number of benzene rings is 1. The van der Waals surface area contributed by atoms with Gasteiger partial charge in [0.15, 0.2) is 0 Å². The van der Waals surface area contributed by atoms with Crippen LogP contribution in [0.3, 0.4) is 0 Å². The SMILES string of the molecule is Cc1cc(Sc2cnccn2)ccc1CN. The molecule has 0 saturated heterocycles. The van der Waals surface area contributed by atoms with Gasteiger partial charge in [-0.2, -0.15) is 0 Å². The topological polar surface area (TPSA) is 51.8 Å². The van der Waals surface area contributed by atoms with Gasteiger partial charge in [0.1, 0.15) is 5.03 Å². The molecule has 2 rings (SSSR count).